The van der Waals surface area contributed by atoms with Crippen LogP contribution in [0.3, 0.4) is 0 Å². The number of aliphatic hydroxyl groups excluding tert-OH is 1. The highest BCUT2D eigenvalue weighted by Gasteiger charge is 2.45. The number of aliphatic hydroxyl groups is 1. The number of nitrogens with two attached hydrogens (primary N) is 1. The number of carbonyl (C=O) groups is 6. The summed E-state index contributed by atoms with van der Waals surface area (Å²) in [5, 5.41) is 25.8. The fraction of sp³-hybridized carbons (Fsp3) is 0.529. The quantitative estimate of drug-likeness (QED) is 0.217. The smallest absolute Gasteiger partial charge is 0.247 e. The molecule has 2 aliphatic heterocycles. The number of rotatable bonds is 3. The highest BCUT2D eigenvalue weighted by molar-refractivity contribution is 7.13. The van der Waals surface area contributed by atoms with Gasteiger partial charge in [-0.3, -0.25) is 28.8 Å². The van der Waals surface area contributed by atoms with E-state index in [4.69, 9.17) is 10.5 Å². The molecule has 0 radical (unpaired) electrons. The number of nitrogens with zero attached hydrogens (tertiary/aromatic N) is 1. The molecule has 6 atom stereocenters. The van der Waals surface area contributed by atoms with Crippen molar-refractivity contribution in [1.82, 2.24) is 31.5 Å². The zero-order valence-electron chi connectivity index (χ0n) is 28.9. The van der Waals surface area contributed by atoms with E-state index in [0.29, 0.717) is 5.56 Å². The molecule has 0 aliphatic carbocycles. The zero-order chi connectivity index (χ0) is 36.7. The molecule has 1 aromatic heterocycles. The van der Waals surface area contributed by atoms with Crippen LogP contribution in [-0.4, -0.2) is 109 Å². The van der Waals surface area contributed by atoms with Gasteiger partial charge in [-0.15, -0.1) is 11.3 Å². The maximum Gasteiger partial charge on any atom is 0.247 e. The maximum atomic E-state index is 14.0. The van der Waals surface area contributed by atoms with Crippen molar-refractivity contribution in [1.29, 1.82) is 0 Å². The molecule has 3 heterocycles. The molecule has 2 aliphatic rings. The Morgan fingerprint density at radius 3 is 2.26 bits per heavy atom. The molecule has 1 aromatic carbocycles. The van der Waals surface area contributed by atoms with Crippen molar-refractivity contribution < 1.29 is 38.6 Å². The second-order valence-corrected chi connectivity index (χ2v) is 14.5. The van der Waals surface area contributed by atoms with E-state index in [2.05, 4.69) is 26.6 Å². The Bertz CT molecular complexity index is 1570. The SMILES string of the molecule is Cc1ccsc1-c1ccc([C@@H]2NC(=O)[C@@H]3C[C@@H](O)CN3C(=O)[C@H](C(C)(C)C)NC(=O)COCCNC(=O)[C@@H](CN)NC(=O)[C@H](C)NC2=O)cc1. The summed E-state index contributed by atoms with van der Waals surface area (Å²) >= 11 is 1.56. The van der Waals surface area contributed by atoms with Gasteiger partial charge in [-0.05, 0) is 47.4 Å². The molecule has 16 heteroatoms. The highest BCUT2D eigenvalue weighted by atomic mass is 32.1. The number of hydrogen-bond acceptors (Lipinski definition) is 10. The largest absolute Gasteiger partial charge is 0.391 e. The normalized spacial score (nSPS) is 26.9. The van der Waals surface area contributed by atoms with Gasteiger partial charge in [0.05, 0.1) is 12.7 Å². The lowest BCUT2D eigenvalue weighted by molar-refractivity contribution is -0.145. The minimum Gasteiger partial charge on any atom is -0.391 e. The monoisotopic (exact) mass is 713 g/mol. The third kappa shape index (κ3) is 9.44. The van der Waals surface area contributed by atoms with Gasteiger partial charge in [0.15, 0.2) is 0 Å². The van der Waals surface area contributed by atoms with Crippen molar-refractivity contribution in [3.8, 4) is 10.4 Å². The number of benzene rings is 1. The van der Waals surface area contributed by atoms with E-state index in [9.17, 15) is 33.9 Å². The van der Waals surface area contributed by atoms with Gasteiger partial charge in [-0.2, -0.15) is 0 Å². The fourth-order valence-electron chi connectivity index (χ4n) is 5.78. The second kappa shape index (κ2) is 16.6. The molecule has 272 valence electrons. The van der Waals surface area contributed by atoms with Crippen LogP contribution in [-0.2, 0) is 33.5 Å². The van der Waals surface area contributed by atoms with E-state index >= 15 is 0 Å². The average molecular weight is 714 g/mol. The van der Waals surface area contributed by atoms with Gasteiger partial charge < -0.3 is 47.1 Å². The fourth-order valence-corrected chi connectivity index (χ4v) is 6.72. The van der Waals surface area contributed by atoms with Crippen LogP contribution in [0.25, 0.3) is 10.4 Å². The molecule has 2 fully saturated rings. The highest BCUT2D eigenvalue weighted by Crippen LogP contribution is 2.31. The summed E-state index contributed by atoms with van der Waals surface area (Å²) in [5.41, 5.74) is 7.34. The van der Waals surface area contributed by atoms with Crippen LogP contribution in [0.15, 0.2) is 35.7 Å². The molecule has 0 unspecified atom stereocenters. The maximum absolute atomic E-state index is 14.0. The van der Waals surface area contributed by atoms with Gasteiger partial charge >= 0.3 is 0 Å². The Hall–Kier alpha value is -4.38. The molecule has 0 saturated carbocycles. The first kappa shape index (κ1) is 38.4. The molecule has 2 saturated heterocycles. The van der Waals surface area contributed by atoms with Crippen molar-refractivity contribution in [2.75, 3.05) is 32.8 Å². The number of nitrogens with one attached hydrogen (secondary N) is 5. The van der Waals surface area contributed by atoms with Crippen LogP contribution >= 0.6 is 11.3 Å². The van der Waals surface area contributed by atoms with E-state index in [1.807, 2.05) is 30.5 Å². The summed E-state index contributed by atoms with van der Waals surface area (Å²) in [5.74, 6) is -3.91. The summed E-state index contributed by atoms with van der Waals surface area (Å²) in [7, 11) is 0. The van der Waals surface area contributed by atoms with Crippen molar-refractivity contribution in [3.05, 3.63) is 46.8 Å². The van der Waals surface area contributed by atoms with Gasteiger partial charge in [0, 0.05) is 30.9 Å². The molecule has 6 amide bonds. The first-order chi connectivity index (χ1) is 23.6. The minimum absolute atomic E-state index is 0.0000527. The van der Waals surface area contributed by atoms with Crippen LogP contribution in [0.4, 0.5) is 0 Å². The first-order valence-corrected chi connectivity index (χ1v) is 17.4. The zero-order valence-corrected chi connectivity index (χ0v) is 29.7. The van der Waals surface area contributed by atoms with Crippen LogP contribution in [0.5, 0.6) is 0 Å². The molecule has 0 bridgehead atoms. The van der Waals surface area contributed by atoms with E-state index < -0.39 is 83.8 Å². The summed E-state index contributed by atoms with van der Waals surface area (Å²) in [6.07, 6.45) is -1.13. The summed E-state index contributed by atoms with van der Waals surface area (Å²) in [4.78, 5) is 82.8. The summed E-state index contributed by atoms with van der Waals surface area (Å²) in [6.45, 7) is 7.79. The number of amides is 6. The molecule has 50 heavy (non-hydrogen) atoms. The van der Waals surface area contributed by atoms with Crippen molar-refractivity contribution >= 4 is 46.8 Å². The lowest BCUT2D eigenvalue weighted by Crippen LogP contribution is -2.59. The van der Waals surface area contributed by atoms with Gasteiger partial charge in [-0.25, -0.2) is 0 Å². The number of hydrogen-bond donors (Lipinski definition) is 7. The predicted octanol–water partition coefficient (Wildman–Crippen LogP) is -0.532. The Morgan fingerprint density at radius 1 is 0.940 bits per heavy atom. The number of carbonyl (C=O) groups excluding carboxylic acids is 6. The number of thiophene rings is 1. The summed E-state index contributed by atoms with van der Waals surface area (Å²) < 4.78 is 5.40. The Kier molecular flexibility index (Phi) is 12.7. The Labute approximate surface area is 295 Å². The average Bonchev–Trinajstić information content (AvgIpc) is 3.68. The third-order valence-electron chi connectivity index (χ3n) is 8.60. The first-order valence-electron chi connectivity index (χ1n) is 16.5. The molecule has 4 rings (SSSR count). The van der Waals surface area contributed by atoms with Gasteiger partial charge in [0.1, 0.15) is 36.8 Å². The van der Waals surface area contributed by atoms with Crippen LogP contribution < -0.4 is 32.3 Å². The minimum atomic E-state index is -1.32. The standard InChI is InChI=1S/C34H47N7O8S/c1-18-10-13-50-27(18)21-8-6-20(7-9-21)26-32(47)37-19(2)29(44)38-23(15-35)30(45)36-11-12-49-17-25(43)39-28(34(3,4)5)33(48)41-16-22(42)14-24(41)31(46)40-26/h6-10,13,19,22-24,26,28,42H,11-12,14-17,35H2,1-5H3,(H,36,45)(H,37,47)(H,38,44)(H,39,43)(H,40,46)/t19-,22+,23+,24-,26-,28+/m0/s1. The molecule has 8 N–H and O–H groups in total. The lowest BCUT2D eigenvalue weighted by atomic mass is 9.85. The Morgan fingerprint density at radius 2 is 1.64 bits per heavy atom. The van der Waals surface area contributed by atoms with Crippen LogP contribution in [0.1, 0.15) is 51.3 Å². The van der Waals surface area contributed by atoms with E-state index in [1.54, 1.807) is 44.2 Å². The van der Waals surface area contributed by atoms with E-state index in [-0.39, 0.29) is 32.7 Å². The van der Waals surface area contributed by atoms with Crippen LogP contribution in [0, 0.1) is 12.3 Å². The predicted molar refractivity (Wildman–Crippen MR) is 185 cm³/mol. The van der Waals surface area contributed by atoms with Crippen molar-refractivity contribution in [3.63, 3.8) is 0 Å². The van der Waals surface area contributed by atoms with Gasteiger partial charge in [0.25, 0.3) is 0 Å². The van der Waals surface area contributed by atoms with Crippen molar-refractivity contribution in [2.24, 2.45) is 11.1 Å². The number of ether oxygens (including phenoxy) is 1. The van der Waals surface area contributed by atoms with E-state index in [0.717, 1.165) is 16.0 Å². The molecule has 0 spiro atoms. The lowest BCUT2D eigenvalue weighted by Gasteiger charge is -2.35. The number of aryl methyl sites for hydroxylation is 1. The van der Waals surface area contributed by atoms with Gasteiger partial charge in [0.2, 0.25) is 35.4 Å². The molecule has 2 aromatic rings. The summed E-state index contributed by atoms with van der Waals surface area (Å²) in [6, 6.07) is 3.18. The van der Waals surface area contributed by atoms with Crippen molar-refractivity contribution in [2.45, 2.75) is 77.4 Å². The topological polar surface area (TPSA) is 221 Å². The Balaban J connectivity index is 1.69. The van der Waals surface area contributed by atoms with Crippen LogP contribution in [0.2, 0.25) is 0 Å². The second-order valence-electron chi connectivity index (χ2n) is 13.6. The third-order valence-corrected chi connectivity index (χ3v) is 9.67. The molecule has 15 nitrogen and oxygen atoms in total. The van der Waals surface area contributed by atoms with E-state index in [1.165, 1.54) is 11.8 Å². The van der Waals surface area contributed by atoms with Gasteiger partial charge in [-0.1, -0.05) is 45.0 Å². The molecular formula is C34H47N7O8S. The molecular weight excluding hydrogens is 666 g/mol. The number of fused-ring (bicyclic) bond motifs is 1.